The molecule has 4 aromatic rings. The SMILES string of the molecule is C=CC(=O)OCCCCc1ccc(-c2c3ccccc3c(C)c3ccccc23)cc1. The number of aryl methyl sites for hydroxylation is 2. The minimum Gasteiger partial charge on any atom is -0.463 e. The summed E-state index contributed by atoms with van der Waals surface area (Å²) < 4.78 is 5.04. The van der Waals surface area contributed by atoms with Crippen LogP contribution in [-0.4, -0.2) is 12.6 Å². The molecule has 0 unspecified atom stereocenters. The van der Waals surface area contributed by atoms with Crippen molar-refractivity contribution in [3.8, 4) is 11.1 Å². The van der Waals surface area contributed by atoms with Gasteiger partial charge in [0, 0.05) is 6.08 Å². The normalized spacial score (nSPS) is 11.0. The second kappa shape index (κ2) is 8.96. The van der Waals surface area contributed by atoms with Crippen molar-refractivity contribution >= 4 is 27.5 Å². The molecule has 0 aliphatic heterocycles. The summed E-state index contributed by atoms with van der Waals surface area (Å²) in [4.78, 5) is 11.1. The smallest absolute Gasteiger partial charge is 0.330 e. The Labute approximate surface area is 177 Å². The predicted octanol–water partition coefficient (Wildman–Crippen LogP) is 7.02. The molecule has 0 aliphatic rings. The molecule has 2 heteroatoms. The molecule has 0 bridgehead atoms. The molecule has 0 spiro atoms. The summed E-state index contributed by atoms with van der Waals surface area (Å²) in [6.45, 7) is 6.07. The fraction of sp³-hybridized carbons (Fsp3) is 0.179. The number of carbonyl (C=O) groups excluding carboxylic acids is 1. The molecule has 0 N–H and O–H groups in total. The first kappa shape index (κ1) is 19.9. The lowest BCUT2D eigenvalue weighted by molar-refractivity contribution is -0.137. The second-order valence-corrected chi connectivity index (χ2v) is 7.62. The molecule has 0 aliphatic carbocycles. The number of unbranched alkanes of at least 4 members (excludes halogenated alkanes) is 1. The van der Waals surface area contributed by atoms with Gasteiger partial charge < -0.3 is 4.74 Å². The zero-order valence-corrected chi connectivity index (χ0v) is 17.4. The van der Waals surface area contributed by atoms with Crippen LogP contribution in [0.2, 0.25) is 0 Å². The maximum Gasteiger partial charge on any atom is 0.330 e. The van der Waals surface area contributed by atoms with E-state index in [4.69, 9.17) is 4.74 Å². The van der Waals surface area contributed by atoms with Gasteiger partial charge >= 0.3 is 5.97 Å². The molecule has 0 amide bonds. The topological polar surface area (TPSA) is 26.3 Å². The van der Waals surface area contributed by atoms with E-state index in [1.807, 2.05) is 0 Å². The monoisotopic (exact) mass is 394 g/mol. The Hall–Kier alpha value is -3.39. The van der Waals surface area contributed by atoms with Gasteiger partial charge in [-0.1, -0.05) is 79.4 Å². The van der Waals surface area contributed by atoms with Crippen molar-refractivity contribution in [2.24, 2.45) is 0 Å². The van der Waals surface area contributed by atoms with Crippen LogP contribution in [0.1, 0.15) is 24.0 Å². The van der Waals surface area contributed by atoms with E-state index < -0.39 is 0 Å². The van der Waals surface area contributed by atoms with Gasteiger partial charge in [-0.2, -0.15) is 0 Å². The first-order valence-electron chi connectivity index (χ1n) is 10.5. The Kier molecular flexibility index (Phi) is 5.94. The lowest BCUT2D eigenvalue weighted by atomic mass is 9.88. The lowest BCUT2D eigenvalue weighted by Gasteiger charge is -2.15. The summed E-state index contributed by atoms with van der Waals surface area (Å²) in [5.41, 5.74) is 5.17. The van der Waals surface area contributed by atoms with E-state index in [-0.39, 0.29) is 5.97 Å². The molecule has 2 nitrogen and oxygen atoms in total. The van der Waals surface area contributed by atoms with Crippen LogP contribution in [0.5, 0.6) is 0 Å². The second-order valence-electron chi connectivity index (χ2n) is 7.62. The summed E-state index contributed by atoms with van der Waals surface area (Å²) >= 11 is 0. The number of fused-ring (bicyclic) bond motifs is 2. The quantitative estimate of drug-likeness (QED) is 0.146. The maximum atomic E-state index is 11.1. The number of esters is 1. The summed E-state index contributed by atoms with van der Waals surface area (Å²) in [6.07, 6.45) is 4.02. The third-order valence-corrected chi connectivity index (χ3v) is 5.71. The van der Waals surface area contributed by atoms with Crippen LogP contribution in [0.4, 0.5) is 0 Å². The van der Waals surface area contributed by atoms with Gasteiger partial charge in [0.05, 0.1) is 6.61 Å². The minimum atomic E-state index is -0.350. The van der Waals surface area contributed by atoms with E-state index in [1.165, 1.54) is 49.9 Å². The van der Waals surface area contributed by atoms with Crippen LogP contribution < -0.4 is 0 Å². The van der Waals surface area contributed by atoms with E-state index in [9.17, 15) is 4.79 Å². The molecule has 0 heterocycles. The van der Waals surface area contributed by atoms with Gasteiger partial charge in [0.1, 0.15) is 0 Å². The van der Waals surface area contributed by atoms with E-state index in [0.717, 1.165) is 19.3 Å². The molecule has 0 saturated carbocycles. The van der Waals surface area contributed by atoms with Crippen molar-refractivity contribution in [2.75, 3.05) is 6.61 Å². The third kappa shape index (κ3) is 3.99. The molecule has 0 saturated heterocycles. The number of hydrogen-bond donors (Lipinski definition) is 0. The zero-order chi connectivity index (χ0) is 20.9. The van der Waals surface area contributed by atoms with E-state index >= 15 is 0 Å². The van der Waals surface area contributed by atoms with Crippen molar-refractivity contribution in [2.45, 2.75) is 26.2 Å². The van der Waals surface area contributed by atoms with Gasteiger partial charge in [-0.15, -0.1) is 0 Å². The number of ether oxygens (including phenoxy) is 1. The fourth-order valence-corrected chi connectivity index (χ4v) is 4.16. The van der Waals surface area contributed by atoms with Gasteiger partial charge in [-0.25, -0.2) is 4.79 Å². The van der Waals surface area contributed by atoms with Gasteiger partial charge in [0.2, 0.25) is 0 Å². The molecule has 150 valence electrons. The van der Waals surface area contributed by atoms with Crippen LogP contribution >= 0.6 is 0 Å². The maximum absolute atomic E-state index is 11.1. The van der Waals surface area contributed by atoms with Crippen molar-refractivity contribution < 1.29 is 9.53 Å². The van der Waals surface area contributed by atoms with E-state index in [0.29, 0.717) is 6.61 Å². The van der Waals surface area contributed by atoms with Gasteiger partial charge in [0.15, 0.2) is 0 Å². The first-order chi connectivity index (χ1) is 14.7. The first-order valence-corrected chi connectivity index (χ1v) is 10.5. The third-order valence-electron chi connectivity index (χ3n) is 5.71. The lowest BCUT2D eigenvalue weighted by Crippen LogP contribution is -2.02. The molecule has 4 aromatic carbocycles. The highest BCUT2D eigenvalue weighted by molar-refractivity contribution is 6.14. The van der Waals surface area contributed by atoms with E-state index in [2.05, 4.69) is 86.3 Å². The molecule has 0 fully saturated rings. The average molecular weight is 395 g/mol. The highest BCUT2D eigenvalue weighted by Gasteiger charge is 2.12. The summed E-state index contributed by atoms with van der Waals surface area (Å²) in [5.74, 6) is -0.350. The molecular formula is C28H26O2. The number of benzene rings is 4. The van der Waals surface area contributed by atoms with Crippen molar-refractivity contribution in [3.05, 3.63) is 96.6 Å². The van der Waals surface area contributed by atoms with Crippen LogP contribution in [0, 0.1) is 6.92 Å². The van der Waals surface area contributed by atoms with Gasteiger partial charge in [-0.05, 0) is 70.0 Å². The Morgan fingerprint density at radius 1 is 0.833 bits per heavy atom. The number of hydrogen-bond acceptors (Lipinski definition) is 2. The Balaban J connectivity index is 1.60. The average Bonchev–Trinajstić information content (AvgIpc) is 2.80. The van der Waals surface area contributed by atoms with Crippen molar-refractivity contribution in [1.29, 1.82) is 0 Å². The van der Waals surface area contributed by atoms with Crippen molar-refractivity contribution in [3.63, 3.8) is 0 Å². The highest BCUT2D eigenvalue weighted by atomic mass is 16.5. The molecular weight excluding hydrogens is 368 g/mol. The molecule has 30 heavy (non-hydrogen) atoms. The molecule has 0 aromatic heterocycles. The fourth-order valence-electron chi connectivity index (χ4n) is 4.16. The summed E-state index contributed by atoms with van der Waals surface area (Å²) in [7, 11) is 0. The van der Waals surface area contributed by atoms with Crippen LogP contribution in [0.15, 0.2) is 85.5 Å². The summed E-state index contributed by atoms with van der Waals surface area (Å²) in [5, 5.41) is 5.21. The molecule has 0 atom stereocenters. The standard InChI is InChI=1S/C28H26O2/c1-3-27(29)30-19-9-8-10-21-15-17-22(18-16-21)28-25-13-6-4-11-23(25)20(2)24-12-5-7-14-26(24)28/h3-7,11-18H,1,8-10,19H2,2H3. The highest BCUT2D eigenvalue weighted by Crippen LogP contribution is 2.38. The number of carbonyl (C=O) groups is 1. The molecule has 0 radical (unpaired) electrons. The van der Waals surface area contributed by atoms with Crippen molar-refractivity contribution in [1.82, 2.24) is 0 Å². The molecule has 4 rings (SSSR count). The van der Waals surface area contributed by atoms with Gasteiger partial charge in [-0.3, -0.25) is 0 Å². The van der Waals surface area contributed by atoms with Crippen LogP contribution in [0.25, 0.3) is 32.7 Å². The predicted molar refractivity (Wildman–Crippen MR) is 126 cm³/mol. The van der Waals surface area contributed by atoms with Gasteiger partial charge in [0.25, 0.3) is 0 Å². The largest absolute Gasteiger partial charge is 0.463 e. The Morgan fingerprint density at radius 3 is 1.97 bits per heavy atom. The van der Waals surface area contributed by atoms with E-state index in [1.54, 1.807) is 0 Å². The Morgan fingerprint density at radius 2 is 1.40 bits per heavy atom. The van der Waals surface area contributed by atoms with Crippen LogP contribution in [-0.2, 0) is 16.0 Å². The Bertz CT molecular complexity index is 1150. The minimum absolute atomic E-state index is 0.350. The van der Waals surface area contributed by atoms with Crippen LogP contribution in [0.3, 0.4) is 0 Å². The summed E-state index contributed by atoms with van der Waals surface area (Å²) in [6, 6.07) is 26.2. The number of rotatable bonds is 7. The zero-order valence-electron chi connectivity index (χ0n) is 17.4.